The molecule has 2 N–H and O–H groups in total. The van der Waals surface area contributed by atoms with E-state index in [4.69, 9.17) is 5.73 Å². The van der Waals surface area contributed by atoms with E-state index in [1.165, 1.54) is 35.3 Å². The van der Waals surface area contributed by atoms with Gasteiger partial charge < -0.3 is 10.6 Å². The summed E-state index contributed by atoms with van der Waals surface area (Å²) < 4.78 is 0. The molecule has 2 aromatic carbocycles. The monoisotopic (exact) mass is 282 g/mol. The summed E-state index contributed by atoms with van der Waals surface area (Å²) in [5.74, 6) is 0. The molecule has 0 spiro atoms. The number of nitrogens with zero attached hydrogens (tertiary/aromatic N) is 1. The average Bonchev–Trinajstić information content (AvgIpc) is 2.51. The number of aryl methyl sites for hydroxylation is 1. The summed E-state index contributed by atoms with van der Waals surface area (Å²) in [5.41, 5.74) is 10.9. The molecule has 0 unspecified atom stereocenters. The zero-order valence-electron chi connectivity index (χ0n) is 13.2. The fraction of sp³-hybridized carbons (Fsp3) is 0.368. The van der Waals surface area contributed by atoms with Crippen LogP contribution in [0.3, 0.4) is 0 Å². The second kappa shape index (κ2) is 7.84. The first-order valence-corrected chi connectivity index (χ1v) is 7.88. The van der Waals surface area contributed by atoms with E-state index in [2.05, 4.69) is 67.3 Å². The van der Waals surface area contributed by atoms with E-state index >= 15 is 0 Å². The van der Waals surface area contributed by atoms with Crippen molar-refractivity contribution in [2.45, 2.75) is 33.1 Å². The van der Waals surface area contributed by atoms with Gasteiger partial charge in [0.2, 0.25) is 0 Å². The molecule has 0 saturated heterocycles. The van der Waals surface area contributed by atoms with Crippen LogP contribution in [0.2, 0.25) is 0 Å². The highest BCUT2D eigenvalue weighted by molar-refractivity contribution is 5.66. The van der Waals surface area contributed by atoms with Crippen LogP contribution < -0.4 is 10.6 Å². The van der Waals surface area contributed by atoms with Crippen LogP contribution in [0.15, 0.2) is 48.5 Å². The highest BCUT2D eigenvalue weighted by Crippen LogP contribution is 2.29. The van der Waals surface area contributed by atoms with Crippen LogP contribution >= 0.6 is 0 Å². The lowest BCUT2D eigenvalue weighted by Gasteiger charge is -2.27. The molecule has 0 amide bonds. The van der Waals surface area contributed by atoms with E-state index in [-0.39, 0.29) is 0 Å². The van der Waals surface area contributed by atoms with Crippen molar-refractivity contribution < 1.29 is 0 Å². The van der Waals surface area contributed by atoms with Crippen molar-refractivity contribution in [1.82, 2.24) is 0 Å². The maximum absolute atomic E-state index is 5.65. The van der Waals surface area contributed by atoms with E-state index in [0.717, 1.165) is 13.0 Å². The molecule has 0 saturated carbocycles. The van der Waals surface area contributed by atoms with Crippen LogP contribution in [0.1, 0.15) is 30.9 Å². The number of nitrogens with two attached hydrogens (primary N) is 1. The van der Waals surface area contributed by atoms with Gasteiger partial charge in [-0.05, 0) is 55.6 Å². The van der Waals surface area contributed by atoms with Gasteiger partial charge in [-0.3, -0.25) is 0 Å². The van der Waals surface area contributed by atoms with Gasteiger partial charge >= 0.3 is 0 Å². The molecule has 0 bridgehead atoms. The fourth-order valence-corrected chi connectivity index (χ4v) is 2.66. The first kappa shape index (κ1) is 15.6. The van der Waals surface area contributed by atoms with Crippen LogP contribution in [0.4, 0.5) is 11.4 Å². The Bertz CT molecular complexity index is 549. The maximum Gasteiger partial charge on any atom is 0.0440 e. The minimum absolute atomic E-state index is 0.705. The van der Waals surface area contributed by atoms with Gasteiger partial charge in [0.05, 0.1) is 0 Å². The van der Waals surface area contributed by atoms with E-state index < -0.39 is 0 Å². The summed E-state index contributed by atoms with van der Waals surface area (Å²) in [4.78, 5) is 2.42. The molecular weight excluding hydrogens is 256 g/mol. The van der Waals surface area contributed by atoms with Crippen LogP contribution in [-0.2, 0) is 6.42 Å². The highest BCUT2D eigenvalue weighted by Gasteiger charge is 2.11. The molecule has 0 aliphatic heterocycles. The number of benzene rings is 2. The second-order valence-electron chi connectivity index (χ2n) is 5.50. The molecule has 21 heavy (non-hydrogen) atoms. The van der Waals surface area contributed by atoms with Crippen LogP contribution in [0, 0.1) is 6.92 Å². The van der Waals surface area contributed by atoms with Gasteiger partial charge in [-0.15, -0.1) is 0 Å². The Balaban J connectivity index is 2.32. The van der Waals surface area contributed by atoms with Gasteiger partial charge in [0.25, 0.3) is 0 Å². The third kappa shape index (κ3) is 4.08. The Morgan fingerprint density at radius 2 is 1.81 bits per heavy atom. The second-order valence-corrected chi connectivity index (χ2v) is 5.50. The van der Waals surface area contributed by atoms with E-state index in [9.17, 15) is 0 Å². The van der Waals surface area contributed by atoms with Crippen LogP contribution in [0.5, 0.6) is 0 Å². The van der Waals surface area contributed by atoms with Crippen molar-refractivity contribution in [1.29, 1.82) is 0 Å². The largest absolute Gasteiger partial charge is 0.341 e. The zero-order valence-corrected chi connectivity index (χ0v) is 13.2. The Morgan fingerprint density at radius 3 is 2.43 bits per heavy atom. The maximum atomic E-state index is 5.65. The van der Waals surface area contributed by atoms with Crippen molar-refractivity contribution in [2.24, 2.45) is 5.73 Å². The molecule has 2 heteroatoms. The fourth-order valence-electron chi connectivity index (χ4n) is 2.66. The van der Waals surface area contributed by atoms with Gasteiger partial charge in [0, 0.05) is 17.9 Å². The standard InChI is InChI=1S/C19H26N2/c1-3-4-14-21(18-8-6-5-7-9-18)19-11-10-17(12-13-20)15-16(19)2/h5-11,15H,3-4,12-14,20H2,1-2H3. The minimum atomic E-state index is 0.705. The first-order chi connectivity index (χ1) is 10.3. The van der Waals surface area contributed by atoms with E-state index in [1.807, 2.05) is 0 Å². The van der Waals surface area contributed by atoms with Gasteiger partial charge in [0.15, 0.2) is 0 Å². The number of hydrogen-bond donors (Lipinski definition) is 1. The Kier molecular flexibility index (Phi) is 5.82. The molecule has 2 rings (SSSR count). The molecule has 0 atom stereocenters. The molecule has 112 valence electrons. The Morgan fingerprint density at radius 1 is 1.05 bits per heavy atom. The predicted molar refractivity (Wildman–Crippen MR) is 92.3 cm³/mol. The normalized spacial score (nSPS) is 10.6. The lowest BCUT2D eigenvalue weighted by atomic mass is 10.1. The summed E-state index contributed by atoms with van der Waals surface area (Å²) >= 11 is 0. The Labute approximate surface area is 128 Å². The van der Waals surface area contributed by atoms with Crippen molar-refractivity contribution in [3.63, 3.8) is 0 Å². The van der Waals surface area contributed by atoms with Crippen molar-refractivity contribution >= 4 is 11.4 Å². The quantitative estimate of drug-likeness (QED) is 0.813. The van der Waals surface area contributed by atoms with Gasteiger partial charge in [0.1, 0.15) is 0 Å². The first-order valence-electron chi connectivity index (χ1n) is 7.88. The predicted octanol–water partition coefficient (Wildman–Crippen LogP) is 4.43. The van der Waals surface area contributed by atoms with E-state index in [0.29, 0.717) is 6.54 Å². The van der Waals surface area contributed by atoms with Crippen LogP contribution in [0.25, 0.3) is 0 Å². The summed E-state index contributed by atoms with van der Waals surface area (Å²) in [6.45, 7) is 6.19. The van der Waals surface area contributed by atoms with Crippen molar-refractivity contribution in [2.75, 3.05) is 18.0 Å². The SMILES string of the molecule is CCCCN(c1ccccc1)c1ccc(CCN)cc1C. The lowest BCUT2D eigenvalue weighted by Crippen LogP contribution is -2.19. The molecule has 0 aliphatic rings. The van der Waals surface area contributed by atoms with Gasteiger partial charge in [-0.1, -0.05) is 43.7 Å². The van der Waals surface area contributed by atoms with Crippen molar-refractivity contribution in [3.8, 4) is 0 Å². The molecule has 0 radical (unpaired) electrons. The Hall–Kier alpha value is -1.80. The average molecular weight is 282 g/mol. The number of rotatable bonds is 7. The third-order valence-corrected chi connectivity index (χ3v) is 3.79. The summed E-state index contributed by atoms with van der Waals surface area (Å²) in [7, 11) is 0. The summed E-state index contributed by atoms with van der Waals surface area (Å²) in [5, 5.41) is 0. The zero-order chi connectivity index (χ0) is 15.1. The molecule has 0 aliphatic carbocycles. The highest BCUT2D eigenvalue weighted by atomic mass is 15.1. The van der Waals surface area contributed by atoms with Crippen molar-refractivity contribution in [3.05, 3.63) is 59.7 Å². The summed E-state index contributed by atoms with van der Waals surface area (Å²) in [6.07, 6.45) is 3.34. The van der Waals surface area contributed by atoms with E-state index in [1.54, 1.807) is 0 Å². The smallest absolute Gasteiger partial charge is 0.0440 e. The summed E-state index contributed by atoms with van der Waals surface area (Å²) in [6, 6.07) is 17.4. The van der Waals surface area contributed by atoms with Gasteiger partial charge in [-0.25, -0.2) is 0 Å². The molecule has 0 heterocycles. The number of unbranched alkanes of at least 4 members (excludes halogenated alkanes) is 1. The minimum Gasteiger partial charge on any atom is -0.341 e. The topological polar surface area (TPSA) is 29.3 Å². The number of anilines is 2. The molecule has 2 aromatic rings. The third-order valence-electron chi connectivity index (χ3n) is 3.79. The number of para-hydroxylation sites is 1. The van der Waals surface area contributed by atoms with Gasteiger partial charge in [-0.2, -0.15) is 0 Å². The molecular formula is C19H26N2. The molecule has 2 nitrogen and oxygen atoms in total. The molecule has 0 fully saturated rings. The van der Waals surface area contributed by atoms with Crippen LogP contribution in [-0.4, -0.2) is 13.1 Å². The number of hydrogen-bond acceptors (Lipinski definition) is 2. The molecule has 0 aromatic heterocycles. The lowest BCUT2D eigenvalue weighted by molar-refractivity contribution is 0.784.